The number of carbonyl (C=O) groups excluding carboxylic acids is 1. The molecule has 0 rings (SSSR count). The molecule has 0 spiro atoms. The molecule has 0 saturated heterocycles. The third kappa shape index (κ3) is 4.89. The molecule has 0 atom stereocenters. The van der Waals surface area contributed by atoms with Gasteiger partial charge < -0.3 is 0 Å². The number of amides is 1. The fourth-order valence-corrected chi connectivity index (χ4v) is 0.441. The fourth-order valence-electron chi connectivity index (χ4n) is 0.441. The summed E-state index contributed by atoms with van der Waals surface area (Å²) in [4.78, 5) is 13.2. The quantitative estimate of drug-likeness (QED) is 0.400. The minimum Gasteiger partial charge on any atom is -0.299 e. The first kappa shape index (κ1) is 11.2. The van der Waals surface area contributed by atoms with Crippen LogP contribution in [-0.4, -0.2) is 57.1 Å². The molecule has 0 fully saturated rings. The molecule has 68 valence electrons. The molecule has 0 aromatic rings. The van der Waals surface area contributed by atoms with Crippen molar-refractivity contribution in [3.8, 4) is 11.8 Å². The molecule has 0 aromatic carbocycles. The van der Waals surface area contributed by atoms with E-state index in [0.29, 0.717) is 6.54 Å². The number of carbonyl (C=O) groups is 1. The van der Waals surface area contributed by atoms with Gasteiger partial charge in [-0.25, -0.2) is 4.79 Å². The van der Waals surface area contributed by atoms with Crippen LogP contribution in [0.25, 0.3) is 0 Å². The van der Waals surface area contributed by atoms with Gasteiger partial charge in [-0.1, -0.05) is 5.92 Å². The zero-order valence-electron chi connectivity index (χ0n) is 8.51. The molecule has 3 heteroatoms. The third-order valence-electron chi connectivity index (χ3n) is 1.20. The van der Waals surface area contributed by atoms with Crippen LogP contribution in [0.2, 0.25) is 0 Å². The van der Waals surface area contributed by atoms with Gasteiger partial charge in [0, 0.05) is 5.92 Å². The molecule has 3 nitrogen and oxygen atoms in total. The molecule has 0 aliphatic rings. The van der Waals surface area contributed by atoms with Crippen molar-refractivity contribution in [2.45, 2.75) is 0 Å². The fraction of sp³-hybridized carbons (Fsp3) is 0.667. The average Bonchev–Trinajstić information content (AvgIpc) is 1.84. The van der Waals surface area contributed by atoms with E-state index in [1.165, 1.54) is 0 Å². The van der Waals surface area contributed by atoms with Crippen LogP contribution < -0.4 is 0 Å². The summed E-state index contributed by atoms with van der Waals surface area (Å²) >= 11 is 0. The van der Waals surface area contributed by atoms with E-state index in [4.69, 9.17) is 0 Å². The van der Waals surface area contributed by atoms with Gasteiger partial charge in [-0.15, -0.1) is 0 Å². The summed E-state index contributed by atoms with van der Waals surface area (Å²) < 4.78 is 0.264. The van der Waals surface area contributed by atoms with Crippen LogP contribution in [0.1, 0.15) is 0 Å². The highest BCUT2D eigenvalue weighted by Gasteiger charge is 2.16. The van der Waals surface area contributed by atoms with Crippen molar-refractivity contribution in [2.24, 2.45) is 0 Å². The van der Waals surface area contributed by atoms with Crippen LogP contribution >= 0.6 is 0 Å². The number of hydrogen-bond donors (Lipinski definition) is 0. The van der Waals surface area contributed by atoms with Crippen molar-refractivity contribution in [1.29, 1.82) is 0 Å². The number of quaternary nitrogens is 1. The summed E-state index contributed by atoms with van der Waals surface area (Å²) in [5.74, 6) is 5.34. The summed E-state index contributed by atoms with van der Waals surface area (Å²) in [7, 11) is 9.28. The lowest BCUT2D eigenvalue weighted by Gasteiger charge is -2.16. The lowest BCUT2D eigenvalue weighted by Crippen LogP contribution is -2.40. The molecule has 0 aromatic heterocycles. The van der Waals surface area contributed by atoms with Crippen LogP contribution in [0.4, 0.5) is 0 Å². The monoisotopic (exact) mass is 169 g/mol. The van der Waals surface area contributed by atoms with E-state index < -0.39 is 0 Å². The molecule has 12 heavy (non-hydrogen) atoms. The van der Waals surface area contributed by atoms with Gasteiger partial charge in [0.1, 0.15) is 0 Å². The number of rotatable bonds is 1. The molecular formula is C9H17N2O+. The van der Waals surface area contributed by atoms with Gasteiger partial charge in [-0.2, -0.15) is 0 Å². The Hall–Kier alpha value is -0.850. The Balaban J connectivity index is 4.06. The molecule has 1 amide bonds. The maximum Gasteiger partial charge on any atom is 0.391 e. The van der Waals surface area contributed by atoms with Gasteiger partial charge in [-0.05, 0) is 14.1 Å². The maximum atomic E-state index is 11.2. The molecule has 0 unspecified atom stereocenters. The third-order valence-corrected chi connectivity index (χ3v) is 1.20. The Morgan fingerprint density at radius 1 is 1.33 bits per heavy atom. The predicted molar refractivity (Wildman–Crippen MR) is 49.4 cm³/mol. The average molecular weight is 169 g/mol. The summed E-state index contributed by atoms with van der Waals surface area (Å²) in [6.07, 6.45) is 0. The molecule has 0 N–H and O–H groups in total. The van der Waals surface area contributed by atoms with E-state index in [0.717, 1.165) is 0 Å². The zero-order chi connectivity index (χ0) is 9.78. The second-order valence-electron chi connectivity index (χ2n) is 3.86. The maximum absolute atomic E-state index is 11.2. The van der Waals surface area contributed by atoms with Crippen molar-refractivity contribution < 1.29 is 9.28 Å². The van der Waals surface area contributed by atoms with Gasteiger partial charge in [0.05, 0.1) is 27.7 Å². The van der Waals surface area contributed by atoms with Crippen molar-refractivity contribution in [3.63, 3.8) is 0 Å². The molecule has 0 aliphatic heterocycles. The van der Waals surface area contributed by atoms with Crippen LogP contribution in [0.15, 0.2) is 0 Å². The van der Waals surface area contributed by atoms with Gasteiger partial charge >= 0.3 is 5.91 Å². The lowest BCUT2D eigenvalue weighted by molar-refractivity contribution is -0.788. The highest BCUT2D eigenvalue weighted by Crippen LogP contribution is 1.89. The first-order valence-electron chi connectivity index (χ1n) is 3.83. The lowest BCUT2D eigenvalue weighted by atomic mass is 10.4. The number of nitrogens with zero attached hydrogens (tertiary/aromatic N) is 2. The van der Waals surface area contributed by atoms with Crippen LogP contribution in [0.5, 0.6) is 0 Å². The topological polar surface area (TPSA) is 20.3 Å². The Kier molecular flexibility index (Phi) is 3.94. The van der Waals surface area contributed by atoms with Gasteiger partial charge in [0.2, 0.25) is 0 Å². The van der Waals surface area contributed by atoms with Crippen molar-refractivity contribution in [2.75, 3.05) is 41.8 Å². The minimum absolute atomic E-state index is 0.0585. The number of hydrogen-bond acceptors (Lipinski definition) is 2. The molecule has 0 heterocycles. The first-order chi connectivity index (χ1) is 5.34. The normalized spacial score (nSPS) is 10.8. The molecular weight excluding hydrogens is 152 g/mol. The summed E-state index contributed by atoms with van der Waals surface area (Å²) in [5, 5.41) is 0. The summed E-state index contributed by atoms with van der Waals surface area (Å²) in [6, 6.07) is 0. The Labute approximate surface area is 74.5 Å². The first-order valence-corrected chi connectivity index (χ1v) is 3.83. The molecule has 0 saturated carbocycles. The van der Waals surface area contributed by atoms with E-state index in [1.54, 1.807) is 0 Å². The minimum atomic E-state index is -0.0585. The SMILES string of the molecule is CN(C)CC#CC(=O)[N+](C)(C)C. The second-order valence-corrected chi connectivity index (χ2v) is 3.86. The Bertz CT molecular complexity index is 215. The van der Waals surface area contributed by atoms with Crippen molar-refractivity contribution >= 4 is 5.91 Å². The van der Waals surface area contributed by atoms with Crippen LogP contribution in [0.3, 0.4) is 0 Å². The van der Waals surface area contributed by atoms with Gasteiger partial charge in [0.15, 0.2) is 0 Å². The molecule has 0 aliphatic carbocycles. The highest BCUT2D eigenvalue weighted by atomic mass is 16.2. The summed E-state index contributed by atoms with van der Waals surface area (Å²) in [6.45, 7) is 0.631. The van der Waals surface area contributed by atoms with E-state index in [2.05, 4.69) is 11.8 Å². The van der Waals surface area contributed by atoms with Crippen LogP contribution in [-0.2, 0) is 4.79 Å². The van der Waals surface area contributed by atoms with E-state index in [9.17, 15) is 4.79 Å². The molecule has 0 bridgehead atoms. The van der Waals surface area contributed by atoms with Crippen LogP contribution in [0, 0.1) is 11.8 Å². The Morgan fingerprint density at radius 3 is 2.17 bits per heavy atom. The smallest absolute Gasteiger partial charge is 0.299 e. The van der Waals surface area contributed by atoms with Crippen molar-refractivity contribution in [1.82, 2.24) is 4.90 Å². The van der Waals surface area contributed by atoms with E-state index in [-0.39, 0.29) is 10.4 Å². The van der Waals surface area contributed by atoms with Gasteiger partial charge in [-0.3, -0.25) is 9.38 Å². The van der Waals surface area contributed by atoms with Crippen molar-refractivity contribution in [3.05, 3.63) is 0 Å². The standard InChI is InChI=1S/C9H17N2O/c1-10(2)8-6-7-9(12)11(3,4)5/h8H2,1-5H3/q+1. The second kappa shape index (κ2) is 4.24. The van der Waals surface area contributed by atoms with E-state index in [1.807, 2.05) is 40.1 Å². The largest absolute Gasteiger partial charge is 0.391 e. The van der Waals surface area contributed by atoms with E-state index >= 15 is 0 Å². The Morgan fingerprint density at radius 2 is 1.83 bits per heavy atom. The zero-order valence-corrected chi connectivity index (χ0v) is 8.51. The highest BCUT2D eigenvalue weighted by molar-refractivity contribution is 5.87. The molecule has 0 radical (unpaired) electrons. The summed E-state index contributed by atoms with van der Waals surface area (Å²) in [5.41, 5.74) is 0. The van der Waals surface area contributed by atoms with Gasteiger partial charge in [0.25, 0.3) is 0 Å². The predicted octanol–water partition coefficient (Wildman–Crippen LogP) is -0.216.